The van der Waals surface area contributed by atoms with Crippen molar-refractivity contribution >= 4 is 23.4 Å². The van der Waals surface area contributed by atoms with Crippen LogP contribution in [0, 0.1) is 10.1 Å². The lowest BCUT2D eigenvalue weighted by molar-refractivity contribution is -0.388. The van der Waals surface area contributed by atoms with E-state index in [0.717, 1.165) is 43.2 Å². The van der Waals surface area contributed by atoms with Gasteiger partial charge in [-0.05, 0) is 38.3 Å². The highest BCUT2D eigenvalue weighted by Gasteiger charge is 2.33. The van der Waals surface area contributed by atoms with Crippen LogP contribution < -0.4 is 0 Å². The lowest BCUT2D eigenvalue weighted by Crippen LogP contribution is -2.42. The van der Waals surface area contributed by atoms with Gasteiger partial charge >= 0.3 is 6.18 Å². The highest BCUT2D eigenvalue weighted by molar-refractivity contribution is 8.00. The summed E-state index contributed by atoms with van der Waals surface area (Å²) in [5, 5.41) is 11.0. The zero-order valence-electron chi connectivity index (χ0n) is 13.0. The molecule has 1 aliphatic rings. The Morgan fingerprint density at radius 1 is 1.42 bits per heavy atom. The number of nitro groups is 1. The molecule has 1 atom stereocenters. The summed E-state index contributed by atoms with van der Waals surface area (Å²) < 4.78 is 38.0. The van der Waals surface area contributed by atoms with Gasteiger partial charge in [0.15, 0.2) is 0 Å². The van der Waals surface area contributed by atoms with Gasteiger partial charge in [-0.3, -0.25) is 14.9 Å². The van der Waals surface area contributed by atoms with Crippen molar-refractivity contribution in [2.24, 2.45) is 0 Å². The number of benzene rings is 1. The standard InChI is InChI=1S/C15H17F3N2O3S/c1-10-4-2-3-7-19(10)14(21)9-24-13-6-5-11(15(16,17)18)8-12(13)20(22)23/h5-6,8,10H,2-4,7,9H2,1H3. The summed E-state index contributed by atoms with van der Waals surface area (Å²) in [4.78, 5) is 24.2. The minimum atomic E-state index is -4.65. The van der Waals surface area contributed by atoms with Crippen LogP contribution in [-0.2, 0) is 11.0 Å². The first-order valence-electron chi connectivity index (χ1n) is 7.48. The van der Waals surface area contributed by atoms with Gasteiger partial charge in [0.25, 0.3) is 5.69 Å². The molecule has 24 heavy (non-hydrogen) atoms. The molecule has 1 aliphatic heterocycles. The molecule has 0 aromatic heterocycles. The Bertz CT molecular complexity index is 637. The summed E-state index contributed by atoms with van der Waals surface area (Å²) in [6.07, 6.45) is -1.76. The minimum Gasteiger partial charge on any atom is -0.339 e. The van der Waals surface area contributed by atoms with Gasteiger partial charge in [-0.1, -0.05) is 0 Å². The van der Waals surface area contributed by atoms with E-state index in [4.69, 9.17) is 0 Å². The number of amides is 1. The van der Waals surface area contributed by atoms with Gasteiger partial charge in [0.05, 0.1) is 21.1 Å². The van der Waals surface area contributed by atoms with Crippen molar-refractivity contribution in [3.63, 3.8) is 0 Å². The third-order valence-corrected chi connectivity index (χ3v) is 5.00. The summed E-state index contributed by atoms with van der Waals surface area (Å²) in [5.74, 6) is -0.183. The molecule has 0 saturated carbocycles. The molecule has 0 bridgehead atoms. The van der Waals surface area contributed by atoms with Crippen LogP contribution in [0.3, 0.4) is 0 Å². The molecule has 1 aromatic rings. The van der Waals surface area contributed by atoms with E-state index >= 15 is 0 Å². The van der Waals surface area contributed by atoms with E-state index in [1.165, 1.54) is 0 Å². The Morgan fingerprint density at radius 2 is 2.12 bits per heavy atom. The second-order valence-corrected chi connectivity index (χ2v) is 6.68. The van der Waals surface area contributed by atoms with Crippen molar-refractivity contribution in [2.45, 2.75) is 43.3 Å². The Hall–Kier alpha value is -1.77. The molecule has 0 radical (unpaired) electrons. The van der Waals surface area contributed by atoms with Gasteiger partial charge < -0.3 is 4.90 Å². The zero-order chi connectivity index (χ0) is 17.9. The van der Waals surface area contributed by atoms with E-state index in [1.54, 1.807) is 4.90 Å². The monoisotopic (exact) mass is 362 g/mol. The molecule has 0 spiro atoms. The second kappa shape index (κ2) is 7.42. The molecule has 1 amide bonds. The second-order valence-electron chi connectivity index (χ2n) is 5.66. The highest BCUT2D eigenvalue weighted by atomic mass is 32.2. The van der Waals surface area contributed by atoms with Gasteiger partial charge in [0.2, 0.25) is 5.91 Å². The van der Waals surface area contributed by atoms with Crippen LogP contribution in [0.2, 0.25) is 0 Å². The Morgan fingerprint density at radius 3 is 2.71 bits per heavy atom. The topological polar surface area (TPSA) is 63.5 Å². The Kier molecular flexibility index (Phi) is 5.74. The molecule has 132 valence electrons. The van der Waals surface area contributed by atoms with Crippen LogP contribution in [0.5, 0.6) is 0 Å². The molecule has 1 fully saturated rings. The van der Waals surface area contributed by atoms with E-state index in [-0.39, 0.29) is 22.6 Å². The number of nitrogens with zero attached hydrogens (tertiary/aromatic N) is 2. The van der Waals surface area contributed by atoms with E-state index < -0.39 is 22.4 Å². The van der Waals surface area contributed by atoms with Gasteiger partial charge in [0.1, 0.15) is 0 Å². The first-order valence-corrected chi connectivity index (χ1v) is 8.46. The molecule has 0 aliphatic carbocycles. The molecule has 1 unspecified atom stereocenters. The first kappa shape index (κ1) is 18.6. The maximum Gasteiger partial charge on any atom is 0.416 e. The van der Waals surface area contributed by atoms with Gasteiger partial charge in [-0.2, -0.15) is 13.2 Å². The fraction of sp³-hybridized carbons (Fsp3) is 0.533. The molecular weight excluding hydrogens is 345 g/mol. The first-order chi connectivity index (χ1) is 11.2. The maximum atomic E-state index is 12.7. The molecule has 0 N–H and O–H groups in total. The average Bonchev–Trinajstić information content (AvgIpc) is 2.51. The summed E-state index contributed by atoms with van der Waals surface area (Å²) in [7, 11) is 0. The number of alkyl halides is 3. The van der Waals surface area contributed by atoms with Crippen molar-refractivity contribution in [3.05, 3.63) is 33.9 Å². The van der Waals surface area contributed by atoms with Crippen LogP contribution >= 0.6 is 11.8 Å². The Balaban J connectivity index is 2.11. The predicted octanol–water partition coefficient (Wildman–Crippen LogP) is 4.11. The molecule has 1 heterocycles. The third kappa shape index (κ3) is 4.40. The van der Waals surface area contributed by atoms with E-state index in [0.29, 0.717) is 12.6 Å². The predicted molar refractivity (Wildman–Crippen MR) is 83.8 cm³/mol. The molecular formula is C15H17F3N2O3S. The fourth-order valence-corrected chi connectivity index (χ4v) is 3.54. The Labute approximate surface area is 141 Å². The van der Waals surface area contributed by atoms with Crippen LogP contribution in [0.1, 0.15) is 31.7 Å². The largest absolute Gasteiger partial charge is 0.416 e. The van der Waals surface area contributed by atoms with Crippen molar-refractivity contribution in [1.29, 1.82) is 0 Å². The quantitative estimate of drug-likeness (QED) is 0.459. The summed E-state index contributed by atoms with van der Waals surface area (Å²) in [5.41, 5.74) is -1.70. The fourth-order valence-electron chi connectivity index (χ4n) is 2.65. The molecule has 1 aromatic carbocycles. The third-order valence-electron chi connectivity index (χ3n) is 3.96. The number of hydrogen-bond donors (Lipinski definition) is 0. The van der Waals surface area contributed by atoms with Crippen LogP contribution in [0.15, 0.2) is 23.1 Å². The van der Waals surface area contributed by atoms with Crippen molar-refractivity contribution in [1.82, 2.24) is 4.90 Å². The molecule has 5 nitrogen and oxygen atoms in total. The lowest BCUT2D eigenvalue weighted by Gasteiger charge is -2.33. The van der Waals surface area contributed by atoms with Crippen molar-refractivity contribution in [2.75, 3.05) is 12.3 Å². The number of hydrogen-bond acceptors (Lipinski definition) is 4. The van der Waals surface area contributed by atoms with Crippen molar-refractivity contribution in [3.8, 4) is 0 Å². The van der Waals surface area contributed by atoms with Gasteiger partial charge in [-0.25, -0.2) is 0 Å². The number of nitro benzene ring substituents is 1. The summed E-state index contributed by atoms with van der Waals surface area (Å²) in [6, 6.07) is 2.48. The smallest absolute Gasteiger partial charge is 0.339 e. The van der Waals surface area contributed by atoms with Crippen LogP contribution in [-0.4, -0.2) is 34.1 Å². The zero-order valence-corrected chi connectivity index (χ0v) is 13.8. The van der Waals surface area contributed by atoms with Gasteiger partial charge in [-0.15, -0.1) is 11.8 Å². The van der Waals surface area contributed by atoms with Gasteiger partial charge in [0, 0.05) is 18.7 Å². The van der Waals surface area contributed by atoms with Crippen LogP contribution in [0.25, 0.3) is 0 Å². The normalized spacial score (nSPS) is 18.5. The number of thioether (sulfide) groups is 1. The molecule has 1 saturated heterocycles. The average molecular weight is 362 g/mol. The van der Waals surface area contributed by atoms with E-state index in [1.807, 2.05) is 6.92 Å². The number of piperidine rings is 1. The number of carbonyl (C=O) groups excluding carboxylic acids is 1. The summed E-state index contributed by atoms with van der Waals surface area (Å²) >= 11 is 0.898. The molecule has 9 heteroatoms. The van der Waals surface area contributed by atoms with Crippen LogP contribution in [0.4, 0.5) is 18.9 Å². The number of rotatable bonds is 4. The summed E-state index contributed by atoms with van der Waals surface area (Å²) in [6.45, 7) is 2.60. The molecule has 2 rings (SSSR count). The number of likely N-dealkylation sites (tertiary alicyclic amines) is 1. The number of halogens is 3. The highest BCUT2D eigenvalue weighted by Crippen LogP contribution is 2.36. The minimum absolute atomic E-state index is 0.0312. The van der Waals surface area contributed by atoms with E-state index in [9.17, 15) is 28.1 Å². The number of carbonyl (C=O) groups is 1. The SMILES string of the molecule is CC1CCCCN1C(=O)CSc1ccc(C(F)(F)F)cc1[N+](=O)[O-]. The maximum absolute atomic E-state index is 12.7. The lowest BCUT2D eigenvalue weighted by atomic mass is 10.0. The van der Waals surface area contributed by atoms with E-state index in [2.05, 4.69) is 0 Å². The van der Waals surface area contributed by atoms with Crippen molar-refractivity contribution < 1.29 is 22.9 Å².